The summed E-state index contributed by atoms with van der Waals surface area (Å²) < 4.78 is 6.77. The molecule has 2 aliphatic rings. The Hall–Kier alpha value is -1.07. The van der Waals surface area contributed by atoms with Crippen LogP contribution in [-0.2, 0) is 22.5 Å². The molecule has 1 aromatic rings. The minimum Gasteiger partial charge on any atom is -0.465 e. The molecule has 1 fully saturated rings. The van der Waals surface area contributed by atoms with E-state index < -0.39 is 0 Å². The van der Waals surface area contributed by atoms with Gasteiger partial charge in [-0.05, 0) is 19.8 Å². The quantitative estimate of drug-likeness (QED) is 0.840. The average Bonchev–Trinajstić information content (AvgIpc) is 2.87. The van der Waals surface area contributed by atoms with Crippen molar-refractivity contribution in [2.75, 3.05) is 6.61 Å². The Morgan fingerprint density at radius 2 is 2.44 bits per heavy atom. The number of hydrogen-bond donors (Lipinski definition) is 1. The summed E-state index contributed by atoms with van der Waals surface area (Å²) in [5.41, 5.74) is 2.48. The maximum Gasteiger partial charge on any atom is 0.327 e. The second kappa shape index (κ2) is 5.28. The summed E-state index contributed by atoms with van der Waals surface area (Å²) in [6.07, 6.45) is 5.28. The molecule has 0 spiro atoms. The summed E-state index contributed by atoms with van der Waals surface area (Å²) in [6.45, 7) is 2.48. The molecule has 0 aliphatic carbocycles. The first-order valence-electron chi connectivity index (χ1n) is 6.24. The number of carbonyl (C=O) groups excluding carboxylic acids is 1. The van der Waals surface area contributed by atoms with E-state index in [1.165, 1.54) is 24.1 Å². The molecule has 0 aromatic carbocycles. The van der Waals surface area contributed by atoms with E-state index in [2.05, 4.69) is 10.4 Å². The van der Waals surface area contributed by atoms with Gasteiger partial charge in [-0.1, -0.05) is 0 Å². The third-order valence-electron chi connectivity index (χ3n) is 3.62. The SMILES string of the molecule is CCOC(=O)Cn1ncc2c1CC1CCC2N1.Cl. The molecule has 1 saturated heterocycles. The number of nitrogens with one attached hydrogen (secondary N) is 1. The fourth-order valence-electron chi connectivity index (χ4n) is 2.86. The summed E-state index contributed by atoms with van der Waals surface area (Å²) in [7, 11) is 0. The predicted molar refractivity (Wildman–Crippen MR) is 68.7 cm³/mol. The van der Waals surface area contributed by atoms with Gasteiger partial charge in [-0.15, -0.1) is 12.4 Å². The van der Waals surface area contributed by atoms with Gasteiger partial charge >= 0.3 is 5.97 Å². The normalized spacial score (nSPS) is 24.3. The van der Waals surface area contributed by atoms with Crippen LogP contribution < -0.4 is 5.32 Å². The molecule has 5 nitrogen and oxygen atoms in total. The number of rotatable bonds is 3. The molecule has 2 atom stereocenters. The van der Waals surface area contributed by atoms with Crippen molar-refractivity contribution in [1.29, 1.82) is 0 Å². The Morgan fingerprint density at radius 3 is 3.22 bits per heavy atom. The predicted octanol–water partition coefficient (Wildman–Crippen LogP) is 1.22. The lowest BCUT2D eigenvalue weighted by atomic mass is 10.0. The lowest BCUT2D eigenvalue weighted by molar-refractivity contribution is -0.144. The molecule has 0 radical (unpaired) electrons. The summed E-state index contributed by atoms with van der Waals surface area (Å²) in [4.78, 5) is 11.5. The van der Waals surface area contributed by atoms with E-state index in [1.807, 2.05) is 13.1 Å². The largest absolute Gasteiger partial charge is 0.465 e. The van der Waals surface area contributed by atoms with Crippen LogP contribution in [0.25, 0.3) is 0 Å². The first-order chi connectivity index (χ1) is 8.28. The number of carbonyl (C=O) groups is 1. The molecule has 0 amide bonds. The second-order valence-corrected chi connectivity index (χ2v) is 4.71. The Kier molecular flexibility index (Phi) is 3.92. The van der Waals surface area contributed by atoms with E-state index in [9.17, 15) is 4.79 Å². The van der Waals surface area contributed by atoms with Crippen LogP contribution in [0.2, 0.25) is 0 Å². The molecular formula is C12H18ClN3O2. The fraction of sp³-hybridized carbons (Fsp3) is 0.667. The number of esters is 1. The first-order valence-corrected chi connectivity index (χ1v) is 6.24. The highest BCUT2D eigenvalue weighted by Gasteiger charge is 2.34. The maximum absolute atomic E-state index is 11.5. The number of ether oxygens (including phenoxy) is 1. The maximum atomic E-state index is 11.5. The van der Waals surface area contributed by atoms with Gasteiger partial charge in [-0.25, -0.2) is 0 Å². The number of halogens is 1. The Labute approximate surface area is 112 Å². The van der Waals surface area contributed by atoms with Crippen molar-refractivity contribution >= 4 is 18.4 Å². The van der Waals surface area contributed by atoms with E-state index in [-0.39, 0.29) is 24.9 Å². The zero-order valence-corrected chi connectivity index (χ0v) is 11.2. The molecule has 100 valence electrons. The molecule has 18 heavy (non-hydrogen) atoms. The second-order valence-electron chi connectivity index (χ2n) is 4.71. The highest BCUT2D eigenvalue weighted by atomic mass is 35.5. The molecule has 3 rings (SSSR count). The highest BCUT2D eigenvalue weighted by molar-refractivity contribution is 5.85. The lowest BCUT2D eigenvalue weighted by Gasteiger charge is -2.22. The average molecular weight is 272 g/mol. The zero-order chi connectivity index (χ0) is 11.8. The molecule has 2 bridgehead atoms. The monoisotopic (exact) mass is 271 g/mol. The number of hydrogen-bond acceptors (Lipinski definition) is 4. The molecule has 0 saturated carbocycles. The third-order valence-corrected chi connectivity index (χ3v) is 3.62. The van der Waals surface area contributed by atoms with E-state index in [4.69, 9.17) is 4.74 Å². The molecular weight excluding hydrogens is 254 g/mol. The van der Waals surface area contributed by atoms with Crippen LogP contribution in [0, 0.1) is 0 Å². The molecule has 1 aromatic heterocycles. The van der Waals surface area contributed by atoms with Gasteiger partial charge in [-0.2, -0.15) is 5.10 Å². The van der Waals surface area contributed by atoms with Gasteiger partial charge in [0.15, 0.2) is 0 Å². The van der Waals surface area contributed by atoms with Crippen molar-refractivity contribution < 1.29 is 9.53 Å². The zero-order valence-electron chi connectivity index (χ0n) is 10.4. The Morgan fingerprint density at radius 1 is 1.61 bits per heavy atom. The van der Waals surface area contributed by atoms with Gasteiger partial charge in [0.05, 0.1) is 12.8 Å². The molecule has 1 N–H and O–H groups in total. The van der Waals surface area contributed by atoms with Crippen molar-refractivity contribution in [2.24, 2.45) is 0 Å². The minimum atomic E-state index is -0.204. The van der Waals surface area contributed by atoms with Crippen LogP contribution in [-0.4, -0.2) is 28.4 Å². The highest BCUT2D eigenvalue weighted by Crippen LogP contribution is 2.35. The third kappa shape index (κ3) is 2.24. The Balaban J connectivity index is 0.00000120. The summed E-state index contributed by atoms with van der Waals surface area (Å²) >= 11 is 0. The van der Waals surface area contributed by atoms with Crippen LogP contribution in [0.4, 0.5) is 0 Å². The van der Waals surface area contributed by atoms with Crippen molar-refractivity contribution in [1.82, 2.24) is 15.1 Å². The van der Waals surface area contributed by atoms with Gasteiger partial charge in [0, 0.05) is 29.8 Å². The fourth-order valence-corrected chi connectivity index (χ4v) is 2.86. The molecule has 2 unspecified atom stereocenters. The number of aromatic nitrogens is 2. The lowest BCUT2D eigenvalue weighted by Crippen LogP contribution is -2.33. The van der Waals surface area contributed by atoms with E-state index in [0.29, 0.717) is 18.7 Å². The van der Waals surface area contributed by atoms with Gasteiger partial charge in [0.2, 0.25) is 0 Å². The summed E-state index contributed by atoms with van der Waals surface area (Å²) in [5.74, 6) is -0.204. The van der Waals surface area contributed by atoms with Gasteiger partial charge in [0.25, 0.3) is 0 Å². The first kappa shape index (κ1) is 13.4. The molecule has 3 heterocycles. The number of nitrogens with zero attached hydrogens (tertiary/aromatic N) is 2. The van der Waals surface area contributed by atoms with Crippen molar-refractivity contribution in [2.45, 2.75) is 44.8 Å². The Bertz CT molecular complexity index is 447. The van der Waals surface area contributed by atoms with E-state index >= 15 is 0 Å². The van der Waals surface area contributed by atoms with Crippen molar-refractivity contribution in [3.05, 3.63) is 17.5 Å². The van der Waals surface area contributed by atoms with Gasteiger partial charge < -0.3 is 10.1 Å². The molecule has 6 heteroatoms. The minimum absolute atomic E-state index is 0. The van der Waals surface area contributed by atoms with Crippen LogP contribution in [0.5, 0.6) is 0 Å². The number of fused-ring (bicyclic) bond motifs is 4. The van der Waals surface area contributed by atoms with Gasteiger partial charge in [0.1, 0.15) is 6.54 Å². The van der Waals surface area contributed by atoms with E-state index in [0.717, 1.165) is 6.42 Å². The summed E-state index contributed by atoms with van der Waals surface area (Å²) in [5, 5.41) is 7.88. The van der Waals surface area contributed by atoms with Crippen LogP contribution in [0.1, 0.15) is 37.1 Å². The van der Waals surface area contributed by atoms with Crippen LogP contribution in [0.15, 0.2) is 6.20 Å². The smallest absolute Gasteiger partial charge is 0.327 e. The topological polar surface area (TPSA) is 56.2 Å². The van der Waals surface area contributed by atoms with Crippen LogP contribution >= 0.6 is 12.4 Å². The van der Waals surface area contributed by atoms with Crippen molar-refractivity contribution in [3.63, 3.8) is 0 Å². The van der Waals surface area contributed by atoms with Crippen LogP contribution in [0.3, 0.4) is 0 Å². The summed E-state index contributed by atoms with van der Waals surface area (Å²) in [6, 6.07) is 1.00. The molecule has 2 aliphatic heterocycles. The van der Waals surface area contributed by atoms with Crippen molar-refractivity contribution in [3.8, 4) is 0 Å². The standard InChI is InChI=1S/C12H17N3O2.ClH/c1-2-17-12(16)7-15-11-5-8-3-4-10(14-8)9(11)6-13-15;/h6,8,10,14H,2-5,7H2,1H3;1H. The van der Waals surface area contributed by atoms with E-state index in [1.54, 1.807) is 4.68 Å². The van der Waals surface area contributed by atoms with Gasteiger partial charge in [-0.3, -0.25) is 9.48 Å².